The second kappa shape index (κ2) is 3.00. The van der Waals surface area contributed by atoms with E-state index in [0.717, 1.165) is 4.68 Å². The van der Waals surface area contributed by atoms with Gasteiger partial charge in [0.2, 0.25) is 0 Å². The monoisotopic (exact) mass is 166 g/mol. The van der Waals surface area contributed by atoms with E-state index in [1.165, 1.54) is 13.3 Å². The van der Waals surface area contributed by atoms with Gasteiger partial charge in [-0.3, -0.25) is 0 Å². The van der Waals surface area contributed by atoms with Crippen molar-refractivity contribution in [3.8, 4) is 6.07 Å². The Morgan fingerprint density at radius 1 is 1.92 bits per heavy atom. The van der Waals surface area contributed by atoms with Gasteiger partial charge >= 0.3 is 5.97 Å². The quantitative estimate of drug-likeness (QED) is 0.656. The first-order chi connectivity index (χ1) is 5.65. The molecule has 0 aliphatic carbocycles. The first kappa shape index (κ1) is 8.20. The summed E-state index contributed by atoms with van der Waals surface area (Å²) in [6.45, 7) is 1.46. The molecule has 0 aliphatic rings. The lowest BCUT2D eigenvalue weighted by Gasteiger charge is -2.03. The lowest BCUT2D eigenvalue weighted by Crippen LogP contribution is -2.15. The van der Waals surface area contributed by atoms with Crippen molar-refractivity contribution in [3.63, 3.8) is 0 Å². The fourth-order valence-corrected chi connectivity index (χ4v) is 0.626. The maximum absolute atomic E-state index is 10.4. The summed E-state index contributed by atoms with van der Waals surface area (Å²) in [5.41, 5.74) is 0. The predicted octanol–water partition coefficient (Wildman–Crippen LogP) is -0.205. The fraction of sp³-hybridized carbons (Fsp3) is 0.333. The van der Waals surface area contributed by atoms with Gasteiger partial charge in [0, 0.05) is 0 Å². The third-order valence-corrected chi connectivity index (χ3v) is 1.36. The van der Waals surface area contributed by atoms with Crippen LogP contribution in [0.1, 0.15) is 18.8 Å². The molecular formula is C6H6N4O2. The van der Waals surface area contributed by atoms with Gasteiger partial charge in [-0.15, -0.1) is 5.10 Å². The van der Waals surface area contributed by atoms with Gasteiger partial charge in [0.15, 0.2) is 0 Å². The van der Waals surface area contributed by atoms with E-state index >= 15 is 0 Å². The zero-order valence-electron chi connectivity index (χ0n) is 6.30. The van der Waals surface area contributed by atoms with Crippen LogP contribution in [0.25, 0.3) is 0 Å². The molecule has 1 rings (SSSR count). The normalized spacial score (nSPS) is 12.0. The van der Waals surface area contributed by atoms with Crippen molar-refractivity contribution in [2.75, 3.05) is 0 Å². The van der Waals surface area contributed by atoms with Crippen LogP contribution in [0.5, 0.6) is 0 Å². The molecule has 0 aliphatic heterocycles. The molecule has 12 heavy (non-hydrogen) atoms. The molecule has 1 aromatic heterocycles. The molecule has 1 aromatic rings. The second-order valence-electron chi connectivity index (χ2n) is 2.17. The highest BCUT2D eigenvalue weighted by Crippen LogP contribution is 2.02. The number of carboxylic acid groups (broad SMARTS) is 1. The number of rotatable bonds is 2. The van der Waals surface area contributed by atoms with Gasteiger partial charge in [0.05, 0.1) is 0 Å². The Bertz CT molecular complexity index is 338. The molecule has 6 nitrogen and oxygen atoms in total. The molecule has 0 amide bonds. The van der Waals surface area contributed by atoms with Crippen molar-refractivity contribution in [3.05, 3.63) is 12.2 Å². The van der Waals surface area contributed by atoms with Crippen LogP contribution in [0, 0.1) is 11.3 Å². The standard InChI is InChI=1S/C6H6N4O2/c1-4(6(11)12)10-3-8-5(2-7)9-10/h3-4H,1H3,(H,11,12)/t4-/m1/s1. The first-order valence-corrected chi connectivity index (χ1v) is 3.19. The molecule has 1 atom stereocenters. The largest absolute Gasteiger partial charge is 0.480 e. The minimum atomic E-state index is -1.01. The van der Waals surface area contributed by atoms with E-state index in [2.05, 4.69) is 10.1 Å². The van der Waals surface area contributed by atoms with Gasteiger partial charge in [0.25, 0.3) is 5.82 Å². The molecule has 6 heteroatoms. The van der Waals surface area contributed by atoms with E-state index in [9.17, 15) is 4.79 Å². The van der Waals surface area contributed by atoms with Gasteiger partial charge in [-0.2, -0.15) is 5.26 Å². The first-order valence-electron chi connectivity index (χ1n) is 3.19. The third-order valence-electron chi connectivity index (χ3n) is 1.36. The van der Waals surface area contributed by atoms with Crippen molar-refractivity contribution >= 4 is 5.97 Å². The molecule has 0 radical (unpaired) electrons. The van der Waals surface area contributed by atoms with E-state index in [4.69, 9.17) is 10.4 Å². The van der Waals surface area contributed by atoms with Crippen LogP contribution in [0.3, 0.4) is 0 Å². The van der Waals surface area contributed by atoms with Gasteiger partial charge in [0.1, 0.15) is 18.4 Å². The predicted molar refractivity (Wildman–Crippen MR) is 37.1 cm³/mol. The van der Waals surface area contributed by atoms with E-state index in [1.54, 1.807) is 6.07 Å². The Labute approximate surface area is 68.1 Å². The second-order valence-corrected chi connectivity index (χ2v) is 2.17. The number of carbonyl (C=O) groups is 1. The molecule has 62 valence electrons. The van der Waals surface area contributed by atoms with Crippen LogP contribution in [0.4, 0.5) is 0 Å². The molecule has 0 unspecified atom stereocenters. The average molecular weight is 166 g/mol. The summed E-state index contributed by atoms with van der Waals surface area (Å²) in [7, 11) is 0. The van der Waals surface area contributed by atoms with E-state index in [0.29, 0.717) is 0 Å². The van der Waals surface area contributed by atoms with Gasteiger partial charge < -0.3 is 5.11 Å². The summed E-state index contributed by atoms with van der Waals surface area (Å²) in [4.78, 5) is 14.0. The summed E-state index contributed by atoms with van der Waals surface area (Å²) in [5, 5.41) is 20.5. The van der Waals surface area contributed by atoms with Crippen molar-refractivity contribution < 1.29 is 9.90 Å². The number of aliphatic carboxylic acids is 1. The van der Waals surface area contributed by atoms with Crippen LogP contribution in [0.15, 0.2) is 6.33 Å². The Morgan fingerprint density at radius 2 is 2.58 bits per heavy atom. The topological polar surface area (TPSA) is 91.8 Å². The highest BCUT2D eigenvalue weighted by atomic mass is 16.4. The van der Waals surface area contributed by atoms with Gasteiger partial charge in [-0.1, -0.05) is 0 Å². The molecule has 0 fully saturated rings. The van der Waals surface area contributed by atoms with Gasteiger partial charge in [-0.05, 0) is 6.92 Å². The summed E-state index contributed by atoms with van der Waals surface area (Å²) < 4.78 is 1.13. The number of aromatic nitrogens is 3. The maximum Gasteiger partial charge on any atom is 0.328 e. The Morgan fingerprint density at radius 3 is 3.00 bits per heavy atom. The summed E-state index contributed by atoms with van der Waals surface area (Å²) in [6, 6.07) is 0.913. The molecular weight excluding hydrogens is 160 g/mol. The van der Waals surface area contributed by atoms with Crippen LogP contribution < -0.4 is 0 Å². The highest BCUT2D eigenvalue weighted by Gasteiger charge is 2.14. The van der Waals surface area contributed by atoms with Crippen molar-refractivity contribution in [1.82, 2.24) is 14.8 Å². The molecule has 1 heterocycles. The molecule has 0 saturated carbocycles. The Kier molecular flexibility index (Phi) is 2.05. The smallest absolute Gasteiger partial charge is 0.328 e. The van der Waals surface area contributed by atoms with Crippen LogP contribution in [-0.4, -0.2) is 25.8 Å². The lowest BCUT2D eigenvalue weighted by molar-refractivity contribution is -0.140. The van der Waals surface area contributed by atoms with Crippen molar-refractivity contribution in [2.24, 2.45) is 0 Å². The molecule has 0 spiro atoms. The molecule has 0 bridgehead atoms. The number of hydrogen-bond donors (Lipinski definition) is 1. The zero-order valence-corrected chi connectivity index (χ0v) is 6.30. The minimum Gasteiger partial charge on any atom is -0.480 e. The summed E-state index contributed by atoms with van der Waals surface area (Å²) >= 11 is 0. The highest BCUT2D eigenvalue weighted by molar-refractivity contribution is 5.71. The number of nitriles is 1. The third kappa shape index (κ3) is 1.40. The number of hydrogen-bond acceptors (Lipinski definition) is 4. The van der Waals surface area contributed by atoms with Crippen LogP contribution in [-0.2, 0) is 4.79 Å². The summed E-state index contributed by atoms with van der Waals surface area (Å²) in [5.74, 6) is -1.03. The zero-order chi connectivity index (χ0) is 9.14. The average Bonchev–Trinajstić information content (AvgIpc) is 2.50. The molecule has 1 N–H and O–H groups in total. The molecule has 0 aromatic carbocycles. The maximum atomic E-state index is 10.4. The molecule has 0 saturated heterocycles. The minimum absolute atomic E-state index is 0.0249. The van der Waals surface area contributed by atoms with Crippen LogP contribution >= 0.6 is 0 Å². The van der Waals surface area contributed by atoms with Crippen LogP contribution in [0.2, 0.25) is 0 Å². The Balaban J connectivity index is 2.90. The Hall–Kier alpha value is -1.90. The van der Waals surface area contributed by atoms with Crippen molar-refractivity contribution in [1.29, 1.82) is 5.26 Å². The lowest BCUT2D eigenvalue weighted by atomic mass is 10.4. The number of nitrogens with zero attached hydrogens (tertiary/aromatic N) is 4. The SMILES string of the molecule is C[C@H](C(=O)O)n1cnc(C#N)n1. The summed E-state index contributed by atoms with van der Waals surface area (Å²) in [6.07, 6.45) is 1.22. The number of carboxylic acids is 1. The van der Waals surface area contributed by atoms with Crippen molar-refractivity contribution in [2.45, 2.75) is 13.0 Å². The van der Waals surface area contributed by atoms with Gasteiger partial charge in [-0.25, -0.2) is 14.5 Å². The van der Waals surface area contributed by atoms with E-state index < -0.39 is 12.0 Å². The van der Waals surface area contributed by atoms with E-state index in [-0.39, 0.29) is 5.82 Å². The van der Waals surface area contributed by atoms with E-state index in [1.807, 2.05) is 0 Å². The fourth-order valence-electron chi connectivity index (χ4n) is 0.626.